The summed E-state index contributed by atoms with van der Waals surface area (Å²) in [5.41, 5.74) is 2.68. The molecule has 3 radical (unpaired) electrons. The fourth-order valence-corrected chi connectivity index (χ4v) is 1.33. The number of rotatable bonds is 2. The van der Waals surface area contributed by atoms with Crippen LogP contribution < -0.4 is 0 Å². The molecule has 0 aliphatic carbocycles. The molecule has 1 aromatic heterocycles. The number of hydrogen-bond acceptors (Lipinski definition) is 1. The molecule has 15 heavy (non-hydrogen) atoms. The van der Waals surface area contributed by atoms with Gasteiger partial charge in [0, 0.05) is 51.0 Å². The van der Waals surface area contributed by atoms with E-state index in [9.17, 15) is 0 Å². The second-order valence-electron chi connectivity index (χ2n) is 3.12. The van der Waals surface area contributed by atoms with E-state index in [4.69, 9.17) is 6.92 Å². The first-order valence-electron chi connectivity index (χ1n) is 4.51. The van der Waals surface area contributed by atoms with Crippen LogP contribution in [-0.2, 0) is 39.1 Å². The Hall–Kier alpha value is -0.526. The summed E-state index contributed by atoms with van der Waals surface area (Å²) in [5, 5.41) is 0. The molecule has 0 aliphatic heterocycles. The third-order valence-corrected chi connectivity index (χ3v) is 1.97. The molecule has 0 spiro atoms. The summed E-state index contributed by atoms with van der Waals surface area (Å²) in [4.78, 5) is 4.23. The number of benzene rings is 1. The number of pyridine rings is 1. The normalized spacial score (nSPS) is 9.40. The summed E-state index contributed by atoms with van der Waals surface area (Å²) >= 11 is 0. The monoisotopic (exact) mass is 269 g/mol. The SMILES string of the molecule is [CH]c1cccc(Cc2[c-]cccc2)n1.[Y]. The van der Waals surface area contributed by atoms with Crippen molar-refractivity contribution in [1.29, 1.82) is 0 Å². The molecule has 1 nitrogen and oxygen atoms in total. The molecule has 0 atom stereocenters. The summed E-state index contributed by atoms with van der Waals surface area (Å²) in [6.45, 7) is 5.59. The minimum atomic E-state index is 0. The summed E-state index contributed by atoms with van der Waals surface area (Å²) in [5.74, 6) is 0. The van der Waals surface area contributed by atoms with Gasteiger partial charge in [-0.1, -0.05) is 6.07 Å². The largest absolute Gasteiger partial charge is 0.257 e. The van der Waals surface area contributed by atoms with Crippen molar-refractivity contribution in [3.8, 4) is 0 Å². The van der Waals surface area contributed by atoms with Crippen molar-refractivity contribution in [2.75, 3.05) is 0 Å². The van der Waals surface area contributed by atoms with Crippen LogP contribution in [0.2, 0.25) is 0 Å². The minimum absolute atomic E-state index is 0. The van der Waals surface area contributed by atoms with Crippen molar-refractivity contribution in [2.45, 2.75) is 6.42 Å². The van der Waals surface area contributed by atoms with Gasteiger partial charge in [-0.3, -0.25) is 4.98 Å². The first-order valence-corrected chi connectivity index (χ1v) is 4.51. The van der Waals surface area contributed by atoms with Gasteiger partial charge < -0.3 is 0 Å². The van der Waals surface area contributed by atoms with E-state index in [0.717, 1.165) is 17.7 Å². The van der Waals surface area contributed by atoms with Gasteiger partial charge in [0.05, 0.1) is 0 Å². The Morgan fingerprint density at radius 2 is 2.00 bits per heavy atom. The third-order valence-electron chi connectivity index (χ3n) is 1.97. The topological polar surface area (TPSA) is 12.9 Å². The van der Waals surface area contributed by atoms with Crippen LogP contribution in [0, 0.1) is 13.0 Å². The molecule has 0 fully saturated rings. The molecular weight excluding hydrogens is 259 g/mol. The maximum absolute atomic E-state index is 5.59. The molecule has 0 aliphatic rings. The van der Waals surface area contributed by atoms with Crippen LogP contribution in [0.25, 0.3) is 0 Å². The Bertz CT molecular complexity index is 412. The zero-order valence-electron chi connectivity index (χ0n) is 8.35. The van der Waals surface area contributed by atoms with Gasteiger partial charge in [-0.2, -0.15) is 35.9 Å². The standard InChI is InChI=1S/C13H10N.Y/c1-11-6-5-9-13(14-11)10-12-7-3-2-4-8-12;/h1-7,9H,10H2;/q-1;. The summed E-state index contributed by atoms with van der Waals surface area (Å²) < 4.78 is 0. The number of nitrogens with zero attached hydrogens (tertiary/aromatic N) is 1. The molecule has 0 unspecified atom stereocenters. The van der Waals surface area contributed by atoms with E-state index in [0.29, 0.717) is 5.69 Å². The first-order chi connectivity index (χ1) is 6.84. The van der Waals surface area contributed by atoms with Crippen LogP contribution in [0.3, 0.4) is 0 Å². The Kier molecular flexibility index (Phi) is 5.14. The second-order valence-corrected chi connectivity index (χ2v) is 3.12. The van der Waals surface area contributed by atoms with Crippen LogP contribution in [-0.4, -0.2) is 4.98 Å². The van der Waals surface area contributed by atoms with Crippen molar-refractivity contribution in [2.24, 2.45) is 0 Å². The Labute approximate surface area is 116 Å². The van der Waals surface area contributed by atoms with Gasteiger partial charge in [0.15, 0.2) is 0 Å². The van der Waals surface area contributed by atoms with Crippen LogP contribution >= 0.6 is 0 Å². The van der Waals surface area contributed by atoms with Gasteiger partial charge >= 0.3 is 0 Å². The molecule has 0 amide bonds. The maximum atomic E-state index is 5.59. The predicted octanol–water partition coefficient (Wildman–Crippen LogP) is 2.53. The molecule has 2 aromatic rings. The van der Waals surface area contributed by atoms with Crippen molar-refractivity contribution in [1.82, 2.24) is 4.98 Å². The smallest absolute Gasteiger partial charge is 0.0451 e. The van der Waals surface area contributed by atoms with E-state index in [2.05, 4.69) is 11.1 Å². The van der Waals surface area contributed by atoms with Gasteiger partial charge in [0.25, 0.3) is 0 Å². The van der Waals surface area contributed by atoms with E-state index in [-0.39, 0.29) is 32.7 Å². The van der Waals surface area contributed by atoms with Crippen molar-refractivity contribution >= 4 is 0 Å². The molecule has 0 saturated heterocycles. The van der Waals surface area contributed by atoms with Gasteiger partial charge in [-0.25, -0.2) is 0 Å². The molecule has 0 bridgehead atoms. The van der Waals surface area contributed by atoms with Gasteiger partial charge in [0.2, 0.25) is 0 Å². The molecule has 2 heteroatoms. The van der Waals surface area contributed by atoms with Gasteiger partial charge in [0.1, 0.15) is 0 Å². The minimum Gasteiger partial charge on any atom is -0.257 e. The van der Waals surface area contributed by atoms with E-state index in [1.54, 1.807) is 6.07 Å². The molecule has 2 rings (SSSR count). The summed E-state index contributed by atoms with van der Waals surface area (Å²) in [6.07, 6.45) is 0.784. The van der Waals surface area contributed by atoms with E-state index in [1.165, 1.54) is 0 Å². The van der Waals surface area contributed by atoms with Crippen LogP contribution in [0.1, 0.15) is 17.0 Å². The molecule has 1 aromatic carbocycles. The van der Waals surface area contributed by atoms with E-state index >= 15 is 0 Å². The molecule has 0 saturated carbocycles. The van der Waals surface area contributed by atoms with E-state index in [1.807, 2.05) is 36.4 Å². The third kappa shape index (κ3) is 3.85. The van der Waals surface area contributed by atoms with Crippen molar-refractivity contribution in [3.63, 3.8) is 0 Å². The molecule has 1 heterocycles. The van der Waals surface area contributed by atoms with Gasteiger partial charge in [-0.15, -0.1) is 0 Å². The van der Waals surface area contributed by atoms with Crippen LogP contribution in [0.15, 0.2) is 42.5 Å². The maximum Gasteiger partial charge on any atom is 0.0451 e. The summed E-state index contributed by atoms with van der Waals surface area (Å²) in [7, 11) is 0. The van der Waals surface area contributed by atoms with E-state index < -0.39 is 0 Å². The quantitative estimate of drug-likeness (QED) is 0.763. The molecular formula is C13H10NY-. The summed E-state index contributed by atoms with van der Waals surface area (Å²) in [6, 6.07) is 16.7. The fourth-order valence-electron chi connectivity index (χ4n) is 1.33. The Morgan fingerprint density at radius 3 is 2.67 bits per heavy atom. The average molecular weight is 269 g/mol. The van der Waals surface area contributed by atoms with Gasteiger partial charge in [-0.05, 0) is 18.6 Å². The second kappa shape index (κ2) is 6.14. The molecule has 0 N–H and O–H groups in total. The first kappa shape index (κ1) is 12.5. The zero-order valence-corrected chi connectivity index (χ0v) is 11.2. The molecule has 71 valence electrons. The Morgan fingerprint density at radius 1 is 1.13 bits per heavy atom. The average Bonchev–Trinajstić information content (AvgIpc) is 2.19. The number of hydrogen-bond donors (Lipinski definition) is 0. The number of aromatic nitrogens is 1. The van der Waals surface area contributed by atoms with Crippen molar-refractivity contribution in [3.05, 3.63) is 72.4 Å². The van der Waals surface area contributed by atoms with Crippen molar-refractivity contribution < 1.29 is 32.7 Å². The van der Waals surface area contributed by atoms with Crippen LogP contribution in [0.4, 0.5) is 0 Å². The zero-order chi connectivity index (χ0) is 9.80. The van der Waals surface area contributed by atoms with Crippen LogP contribution in [0.5, 0.6) is 0 Å². The predicted molar refractivity (Wildman–Crippen MR) is 55.7 cm³/mol. The fraction of sp³-hybridized carbons (Fsp3) is 0.0769. The Balaban J connectivity index is 0.00000112.